The summed E-state index contributed by atoms with van der Waals surface area (Å²) in [5.74, 6) is 0.682. The Kier molecular flexibility index (Phi) is 5.45. The van der Waals surface area contributed by atoms with Crippen LogP contribution in [0, 0.1) is 0 Å². The van der Waals surface area contributed by atoms with E-state index in [-0.39, 0.29) is 5.91 Å². The fourth-order valence-corrected chi connectivity index (χ4v) is 4.23. The number of piperidine rings is 1. The topological polar surface area (TPSA) is 46.1 Å². The molecule has 4 nitrogen and oxygen atoms in total. The van der Waals surface area contributed by atoms with Crippen LogP contribution in [-0.2, 0) is 11.2 Å². The molecule has 0 radical (unpaired) electrons. The fraction of sp³-hybridized carbons (Fsp3) is 0.438. The number of benzene rings is 1. The number of hydrogen-bond acceptors (Lipinski definition) is 5. The van der Waals surface area contributed by atoms with Gasteiger partial charge in [0.2, 0.25) is 5.91 Å². The normalized spacial score (nSPS) is 18.4. The number of amides is 1. The maximum atomic E-state index is 12.6. The summed E-state index contributed by atoms with van der Waals surface area (Å²) in [4.78, 5) is 14.6. The highest BCUT2D eigenvalue weighted by Gasteiger charge is 2.26. The van der Waals surface area contributed by atoms with E-state index in [2.05, 4.69) is 39.4 Å². The summed E-state index contributed by atoms with van der Waals surface area (Å²) >= 11 is 2.98. The predicted octanol–water partition coefficient (Wildman–Crippen LogP) is 3.25. The molecule has 2 heterocycles. The molecule has 116 valence electrons. The first-order valence-corrected chi connectivity index (χ1v) is 9.42. The molecule has 22 heavy (non-hydrogen) atoms. The summed E-state index contributed by atoms with van der Waals surface area (Å²) in [6.07, 6.45) is 4.38. The summed E-state index contributed by atoms with van der Waals surface area (Å²) in [5.41, 5.74) is 3.01. The molecule has 0 bridgehead atoms. The smallest absolute Gasteiger partial charge is 0.233 e. The average Bonchev–Trinajstić information content (AvgIpc) is 3.08. The van der Waals surface area contributed by atoms with Crippen LogP contribution in [0.25, 0.3) is 0 Å². The summed E-state index contributed by atoms with van der Waals surface area (Å²) in [6, 6.07) is 10.8. The third-order valence-electron chi connectivity index (χ3n) is 3.92. The van der Waals surface area contributed by atoms with Gasteiger partial charge in [0.15, 0.2) is 4.34 Å². The second kappa shape index (κ2) is 7.74. The van der Waals surface area contributed by atoms with Gasteiger partial charge in [-0.25, -0.2) is 0 Å². The third-order valence-corrected chi connectivity index (χ3v) is 5.77. The Bertz CT molecular complexity index is 589. The highest BCUT2D eigenvalue weighted by atomic mass is 32.2. The van der Waals surface area contributed by atoms with Crippen molar-refractivity contribution in [1.29, 1.82) is 0 Å². The van der Waals surface area contributed by atoms with Crippen molar-refractivity contribution in [2.45, 2.75) is 36.1 Å². The van der Waals surface area contributed by atoms with Crippen LogP contribution in [0.4, 0.5) is 0 Å². The molecule has 1 aliphatic heterocycles. The van der Waals surface area contributed by atoms with Crippen molar-refractivity contribution in [3.05, 3.63) is 41.4 Å². The minimum Gasteiger partial charge on any atom is -0.339 e. The van der Waals surface area contributed by atoms with Gasteiger partial charge >= 0.3 is 0 Å². The molecular weight excluding hydrogens is 314 g/mol. The zero-order valence-corrected chi connectivity index (χ0v) is 14.0. The maximum Gasteiger partial charge on any atom is 0.233 e. The van der Waals surface area contributed by atoms with E-state index in [4.69, 9.17) is 0 Å². The first-order chi connectivity index (χ1) is 10.8. The summed E-state index contributed by atoms with van der Waals surface area (Å²) in [7, 11) is 0. The standard InChI is InChI=1S/C16H19N3OS2/c20-15(11-21-16-18-17-12-22-16)19-9-5-4-8-14(19)10-13-6-2-1-3-7-13/h1-3,6-7,12,14H,4-5,8-11H2/t14-/m1/s1. The van der Waals surface area contributed by atoms with Crippen LogP contribution in [0.3, 0.4) is 0 Å². The first kappa shape index (κ1) is 15.5. The molecule has 1 aliphatic rings. The van der Waals surface area contributed by atoms with Crippen molar-refractivity contribution in [2.75, 3.05) is 12.3 Å². The van der Waals surface area contributed by atoms with Crippen LogP contribution in [0.1, 0.15) is 24.8 Å². The van der Waals surface area contributed by atoms with Crippen molar-refractivity contribution < 1.29 is 4.79 Å². The molecule has 1 aromatic carbocycles. The highest BCUT2D eigenvalue weighted by Crippen LogP contribution is 2.24. The molecular formula is C16H19N3OS2. The molecule has 0 N–H and O–H groups in total. The van der Waals surface area contributed by atoms with Gasteiger partial charge in [-0.2, -0.15) is 0 Å². The van der Waals surface area contributed by atoms with Crippen molar-refractivity contribution in [2.24, 2.45) is 0 Å². The van der Waals surface area contributed by atoms with E-state index in [0.717, 1.165) is 30.1 Å². The molecule has 2 aromatic rings. The molecule has 0 unspecified atom stereocenters. The number of carbonyl (C=O) groups excluding carboxylic acids is 1. The Balaban J connectivity index is 1.60. The molecule has 1 amide bonds. The monoisotopic (exact) mass is 333 g/mol. The van der Waals surface area contributed by atoms with E-state index in [0.29, 0.717) is 11.8 Å². The van der Waals surface area contributed by atoms with Crippen molar-refractivity contribution in [3.63, 3.8) is 0 Å². The Labute approximate surface area is 138 Å². The van der Waals surface area contributed by atoms with Gasteiger partial charge in [0.1, 0.15) is 5.51 Å². The minimum absolute atomic E-state index is 0.223. The molecule has 0 spiro atoms. The lowest BCUT2D eigenvalue weighted by molar-refractivity contribution is -0.131. The van der Waals surface area contributed by atoms with Gasteiger partial charge < -0.3 is 4.90 Å². The fourth-order valence-electron chi connectivity index (χ4n) is 2.86. The summed E-state index contributed by atoms with van der Waals surface area (Å²) < 4.78 is 0.866. The Hall–Kier alpha value is -1.40. The van der Waals surface area contributed by atoms with Crippen molar-refractivity contribution in [1.82, 2.24) is 15.1 Å². The third kappa shape index (κ3) is 4.08. The molecule has 1 saturated heterocycles. The summed E-state index contributed by atoms with van der Waals surface area (Å²) in [6.45, 7) is 0.882. The second-order valence-corrected chi connectivity index (χ2v) is 7.48. The quantitative estimate of drug-likeness (QED) is 0.788. The lowest BCUT2D eigenvalue weighted by Crippen LogP contribution is -2.45. The van der Waals surface area contributed by atoms with Crippen LogP contribution < -0.4 is 0 Å². The van der Waals surface area contributed by atoms with Crippen molar-refractivity contribution in [3.8, 4) is 0 Å². The number of carbonyl (C=O) groups is 1. The van der Waals surface area contributed by atoms with E-state index in [1.165, 1.54) is 35.1 Å². The number of nitrogens with zero attached hydrogens (tertiary/aromatic N) is 3. The zero-order valence-electron chi connectivity index (χ0n) is 12.4. The number of rotatable bonds is 5. The van der Waals surface area contributed by atoms with Crippen LogP contribution in [0.2, 0.25) is 0 Å². The molecule has 3 rings (SSSR count). The Morgan fingerprint density at radius 3 is 2.95 bits per heavy atom. The minimum atomic E-state index is 0.223. The molecule has 1 aromatic heterocycles. The van der Waals surface area contributed by atoms with Gasteiger partial charge in [0.25, 0.3) is 0 Å². The van der Waals surface area contributed by atoms with E-state index in [1.807, 2.05) is 6.07 Å². The second-order valence-electron chi connectivity index (χ2n) is 5.42. The predicted molar refractivity (Wildman–Crippen MR) is 90.1 cm³/mol. The van der Waals surface area contributed by atoms with Gasteiger partial charge in [0.05, 0.1) is 5.75 Å². The van der Waals surface area contributed by atoms with Gasteiger partial charge in [-0.1, -0.05) is 53.4 Å². The van der Waals surface area contributed by atoms with Crippen LogP contribution in [0.5, 0.6) is 0 Å². The van der Waals surface area contributed by atoms with Gasteiger partial charge in [-0.05, 0) is 31.2 Å². The Morgan fingerprint density at radius 1 is 1.32 bits per heavy atom. The van der Waals surface area contributed by atoms with Gasteiger partial charge in [-0.15, -0.1) is 10.2 Å². The van der Waals surface area contributed by atoms with Crippen LogP contribution in [-0.4, -0.2) is 39.3 Å². The molecule has 0 aliphatic carbocycles. The van der Waals surface area contributed by atoms with Crippen molar-refractivity contribution >= 4 is 29.0 Å². The van der Waals surface area contributed by atoms with E-state index in [1.54, 1.807) is 5.51 Å². The zero-order chi connectivity index (χ0) is 15.2. The van der Waals surface area contributed by atoms with Gasteiger partial charge in [-0.3, -0.25) is 4.79 Å². The molecule has 1 fully saturated rings. The van der Waals surface area contributed by atoms with Gasteiger partial charge in [0, 0.05) is 12.6 Å². The molecule has 6 heteroatoms. The first-order valence-electron chi connectivity index (χ1n) is 7.55. The van der Waals surface area contributed by atoms with E-state index >= 15 is 0 Å². The average molecular weight is 333 g/mol. The number of aromatic nitrogens is 2. The van der Waals surface area contributed by atoms with Crippen LogP contribution in [0.15, 0.2) is 40.2 Å². The largest absolute Gasteiger partial charge is 0.339 e. The Morgan fingerprint density at radius 2 is 2.18 bits per heavy atom. The van der Waals surface area contributed by atoms with Crippen LogP contribution >= 0.6 is 23.1 Å². The van der Waals surface area contributed by atoms with E-state index < -0.39 is 0 Å². The SMILES string of the molecule is O=C(CSc1nncs1)N1CCCC[C@@H]1Cc1ccccc1. The number of likely N-dealkylation sites (tertiary alicyclic amines) is 1. The number of hydrogen-bond donors (Lipinski definition) is 0. The lowest BCUT2D eigenvalue weighted by Gasteiger charge is -2.36. The van der Waals surface area contributed by atoms with E-state index in [9.17, 15) is 4.79 Å². The lowest BCUT2D eigenvalue weighted by atomic mass is 9.95. The summed E-state index contributed by atoms with van der Waals surface area (Å²) in [5, 5.41) is 7.79. The molecule has 1 atom stereocenters. The number of thioether (sulfide) groups is 1. The molecule has 0 saturated carbocycles. The highest BCUT2D eigenvalue weighted by molar-refractivity contribution is 8.01. The maximum absolute atomic E-state index is 12.6.